The van der Waals surface area contributed by atoms with Crippen LogP contribution in [-0.2, 0) is 11.8 Å². The number of benzene rings is 1. The van der Waals surface area contributed by atoms with Gasteiger partial charge in [0.2, 0.25) is 0 Å². The number of aryl methyl sites for hydroxylation is 1. The Kier molecular flexibility index (Phi) is 5.32. The van der Waals surface area contributed by atoms with Crippen molar-refractivity contribution in [3.63, 3.8) is 0 Å². The van der Waals surface area contributed by atoms with Crippen LogP contribution in [0.1, 0.15) is 18.8 Å². The zero-order chi connectivity index (χ0) is 21.3. The van der Waals surface area contributed by atoms with Gasteiger partial charge in [0.05, 0.1) is 47.8 Å². The van der Waals surface area contributed by atoms with Crippen LogP contribution in [0, 0.1) is 10.1 Å². The topological polar surface area (TPSA) is 115 Å². The quantitative estimate of drug-likeness (QED) is 0.503. The fraction of sp³-hybridized carbons (Fsp3) is 0.350. The van der Waals surface area contributed by atoms with Crippen molar-refractivity contribution in [2.45, 2.75) is 13.0 Å². The summed E-state index contributed by atoms with van der Waals surface area (Å²) in [4.78, 5) is 34.2. The first-order valence-corrected chi connectivity index (χ1v) is 9.63. The van der Waals surface area contributed by atoms with Crippen molar-refractivity contribution in [3.8, 4) is 0 Å². The number of hydrogen-bond donors (Lipinski definition) is 1. The normalized spacial score (nSPS) is 15.2. The van der Waals surface area contributed by atoms with Gasteiger partial charge in [-0.05, 0) is 13.0 Å². The molecule has 30 heavy (non-hydrogen) atoms. The van der Waals surface area contributed by atoms with Gasteiger partial charge in [-0.25, -0.2) is 9.97 Å². The van der Waals surface area contributed by atoms with Gasteiger partial charge in [-0.15, -0.1) is 0 Å². The lowest BCUT2D eigenvalue weighted by molar-refractivity contribution is -0.384. The number of nitro groups is 1. The van der Waals surface area contributed by atoms with E-state index in [-0.39, 0.29) is 17.3 Å². The van der Waals surface area contributed by atoms with E-state index in [1.54, 1.807) is 25.5 Å². The van der Waals surface area contributed by atoms with Gasteiger partial charge < -0.3 is 19.5 Å². The summed E-state index contributed by atoms with van der Waals surface area (Å²) >= 11 is 0. The molecule has 1 aromatic carbocycles. The molecule has 1 fully saturated rings. The minimum absolute atomic E-state index is 0.0389. The SMILES string of the molecule is CC(Nc1cc(=O)n(C)c2ccc([N+](=O)[O-])cc12)c1ncc(N2CCOCC2)cn1. The van der Waals surface area contributed by atoms with Crippen LogP contribution in [0.5, 0.6) is 0 Å². The second-order valence-electron chi connectivity index (χ2n) is 7.18. The van der Waals surface area contributed by atoms with Gasteiger partial charge in [-0.3, -0.25) is 14.9 Å². The largest absolute Gasteiger partial charge is 0.378 e. The molecule has 0 spiro atoms. The van der Waals surface area contributed by atoms with Crippen molar-refractivity contribution in [3.05, 3.63) is 63.0 Å². The van der Waals surface area contributed by atoms with Crippen molar-refractivity contribution < 1.29 is 9.66 Å². The molecule has 10 heteroatoms. The number of morpholine rings is 1. The first-order chi connectivity index (χ1) is 14.4. The highest BCUT2D eigenvalue weighted by Gasteiger charge is 2.17. The third-order valence-corrected chi connectivity index (χ3v) is 5.23. The fourth-order valence-electron chi connectivity index (χ4n) is 3.52. The zero-order valence-electron chi connectivity index (χ0n) is 16.7. The molecule has 0 radical (unpaired) electrons. The number of nitro benzene ring substituents is 1. The molecule has 1 aliphatic rings. The maximum atomic E-state index is 12.4. The Labute approximate surface area is 172 Å². The number of aromatic nitrogens is 3. The number of nitrogens with zero attached hydrogens (tertiary/aromatic N) is 5. The zero-order valence-corrected chi connectivity index (χ0v) is 16.7. The lowest BCUT2D eigenvalue weighted by atomic mass is 10.1. The van der Waals surface area contributed by atoms with Crippen LogP contribution in [0.25, 0.3) is 10.9 Å². The van der Waals surface area contributed by atoms with Gasteiger partial charge in [0.15, 0.2) is 0 Å². The van der Waals surface area contributed by atoms with Crippen LogP contribution < -0.4 is 15.8 Å². The number of non-ortho nitro benzene ring substituents is 1. The standard InChI is InChI=1S/C20H22N6O4/c1-13(20-21-11-15(12-22-20)25-5-7-30-8-6-25)23-17-10-19(27)24(2)18-4-3-14(26(28)29)9-16(17)18/h3-4,9-13,23H,5-8H2,1-2H3. The number of pyridine rings is 1. The minimum atomic E-state index is -0.453. The number of hydrogen-bond acceptors (Lipinski definition) is 8. The second kappa shape index (κ2) is 8.07. The molecule has 1 aliphatic heterocycles. The second-order valence-corrected chi connectivity index (χ2v) is 7.18. The van der Waals surface area contributed by atoms with E-state index in [2.05, 4.69) is 20.2 Å². The molecule has 0 amide bonds. The predicted octanol–water partition coefficient (Wildman–Crippen LogP) is 2.25. The lowest BCUT2D eigenvalue weighted by Crippen LogP contribution is -2.36. The van der Waals surface area contributed by atoms with Crippen molar-refractivity contribution in [2.24, 2.45) is 7.05 Å². The first-order valence-electron chi connectivity index (χ1n) is 9.63. The van der Waals surface area contributed by atoms with Crippen LogP contribution in [0.3, 0.4) is 0 Å². The summed E-state index contributed by atoms with van der Waals surface area (Å²) in [5.41, 5.74) is 1.79. The highest BCUT2D eigenvalue weighted by Crippen LogP contribution is 2.28. The Balaban J connectivity index is 1.63. The fourth-order valence-corrected chi connectivity index (χ4v) is 3.52. The summed E-state index contributed by atoms with van der Waals surface area (Å²) in [5.74, 6) is 0.561. The van der Waals surface area contributed by atoms with Crippen molar-refractivity contribution >= 4 is 28.0 Å². The summed E-state index contributed by atoms with van der Waals surface area (Å²) in [5, 5.41) is 15.0. The molecule has 4 rings (SSSR count). The molecule has 0 aliphatic carbocycles. The van der Waals surface area contributed by atoms with Crippen molar-refractivity contribution in [1.82, 2.24) is 14.5 Å². The average Bonchev–Trinajstić information content (AvgIpc) is 2.77. The van der Waals surface area contributed by atoms with Gasteiger partial charge in [0.1, 0.15) is 5.82 Å². The van der Waals surface area contributed by atoms with E-state index in [0.29, 0.717) is 35.6 Å². The highest BCUT2D eigenvalue weighted by atomic mass is 16.6. The van der Waals surface area contributed by atoms with E-state index in [9.17, 15) is 14.9 Å². The summed E-state index contributed by atoms with van der Waals surface area (Å²) in [6.45, 7) is 4.84. The Morgan fingerprint density at radius 1 is 1.20 bits per heavy atom. The van der Waals surface area contributed by atoms with Crippen LogP contribution in [-0.4, -0.2) is 45.8 Å². The predicted molar refractivity (Wildman–Crippen MR) is 113 cm³/mol. The van der Waals surface area contributed by atoms with E-state index in [1.165, 1.54) is 22.8 Å². The molecule has 3 heterocycles. The highest BCUT2D eigenvalue weighted by molar-refractivity contribution is 5.93. The first kappa shape index (κ1) is 19.8. The van der Waals surface area contributed by atoms with Gasteiger partial charge in [-0.1, -0.05) is 0 Å². The molecule has 2 aromatic heterocycles. The molecule has 1 atom stereocenters. The summed E-state index contributed by atoms with van der Waals surface area (Å²) < 4.78 is 6.82. The summed E-state index contributed by atoms with van der Waals surface area (Å²) in [6, 6.07) is 5.57. The smallest absolute Gasteiger partial charge is 0.270 e. The number of nitrogens with one attached hydrogen (secondary N) is 1. The molecular formula is C20H22N6O4. The molecule has 1 saturated heterocycles. The Morgan fingerprint density at radius 3 is 2.57 bits per heavy atom. The molecule has 3 aromatic rings. The maximum absolute atomic E-state index is 12.4. The van der Waals surface area contributed by atoms with Gasteiger partial charge in [0, 0.05) is 49.4 Å². The number of ether oxygens (including phenoxy) is 1. The van der Waals surface area contributed by atoms with Crippen molar-refractivity contribution in [1.29, 1.82) is 0 Å². The summed E-state index contributed by atoms with van der Waals surface area (Å²) in [6.07, 6.45) is 3.55. The van der Waals surface area contributed by atoms with Crippen LogP contribution >= 0.6 is 0 Å². The van der Waals surface area contributed by atoms with E-state index < -0.39 is 4.92 Å². The van der Waals surface area contributed by atoms with Crippen LogP contribution in [0.15, 0.2) is 41.5 Å². The maximum Gasteiger partial charge on any atom is 0.270 e. The van der Waals surface area contributed by atoms with E-state index >= 15 is 0 Å². The van der Waals surface area contributed by atoms with E-state index in [1.807, 2.05) is 6.92 Å². The Bertz CT molecular complexity index is 1140. The molecule has 1 N–H and O–H groups in total. The minimum Gasteiger partial charge on any atom is -0.378 e. The average molecular weight is 410 g/mol. The third kappa shape index (κ3) is 3.81. The van der Waals surface area contributed by atoms with E-state index in [0.717, 1.165) is 18.8 Å². The van der Waals surface area contributed by atoms with E-state index in [4.69, 9.17) is 4.74 Å². The summed E-state index contributed by atoms with van der Waals surface area (Å²) in [7, 11) is 1.64. The van der Waals surface area contributed by atoms with Crippen LogP contribution in [0.2, 0.25) is 0 Å². The van der Waals surface area contributed by atoms with Gasteiger partial charge in [-0.2, -0.15) is 0 Å². The van der Waals surface area contributed by atoms with Crippen LogP contribution in [0.4, 0.5) is 17.1 Å². The van der Waals surface area contributed by atoms with Gasteiger partial charge in [0.25, 0.3) is 11.2 Å². The lowest BCUT2D eigenvalue weighted by Gasteiger charge is -2.28. The Hall–Kier alpha value is -3.53. The Morgan fingerprint density at radius 2 is 1.90 bits per heavy atom. The molecule has 0 bridgehead atoms. The van der Waals surface area contributed by atoms with Crippen molar-refractivity contribution in [2.75, 3.05) is 36.5 Å². The number of anilines is 2. The molecular weight excluding hydrogens is 388 g/mol. The third-order valence-electron chi connectivity index (χ3n) is 5.23. The number of rotatable bonds is 5. The van der Waals surface area contributed by atoms with Gasteiger partial charge >= 0.3 is 0 Å². The molecule has 156 valence electrons. The monoisotopic (exact) mass is 410 g/mol. The molecule has 1 unspecified atom stereocenters. The molecule has 10 nitrogen and oxygen atoms in total. The number of fused-ring (bicyclic) bond motifs is 1. The molecule has 0 saturated carbocycles.